The van der Waals surface area contributed by atoms with E-state index in [9.17, 15) is 14.0 Å². The van der Waals surface area contributed by atoms with Gasteiger partial charge in [0.05, 0.1) is 25.9 Å². The maximum Gasteiger partial charge on any atom is 0.414 e. The van der Waals surface area contributed by atoms with Crippen LogP contribution in [0.4, 0.5) is 25.4 Å². The van der Waals surface area contributed by atoms with E-state index in [1.807, 2.05) is 0 Å². The Kier molecular flexibility index (Phi) is 5.81. The minimum atomic E-state index is -0.641. The average molecular weight is 431 g/mol. The van der Waals surface area contributed by atoms with Crippen LogP contribution in [0.25, 0.3) is 0 Å². The fraction of sp³-hybridized carbons (Fsp3) is 0.333. The quantitative estimate of drug-likeness (QED) is 0.718. The topological polar surface area (TPSA) is 104 Å². The molecule has 10 heteroatoms. The van der Waals surface area contributed by atoms with Crippen molar-refractivity contribution in [2.45, 2.75) is 12.2 Å². The summed E-state index contributed by atoms with van der Waals surface area (Å²) < 4.78 is 35.5. The molecular formula is C21H22FN3O6. The Labute approximate surface area is 178 Å². The number of nitrogens with two attached hydrogens (primary N) is 1. The van der Waals surface area contributed by atoms with E-state index < -0.39 is 30.2 Å². The highest BCUT2D eigenvalue weighted by molar-refractivity contribution is 5.90. The molecule has 2 aromatic rings. The van der Waals surface area contributed by atoms with Gasteiger partial charge in [-0.2, -0.15) is 0 Å². The molecule has 0 aliphatic carbocycles. The summed E-state index contributed by atoms with van der Waals surface area (Å²) >= 11 is 0. The number of anilines is 2. The van der Waals surface area contributed by atoms with Crippen molar-refractivity contribution in [1.29, 1.82) is 0 Å². The Bertz CT molecular complexity index is 970. The first kappa shape index (κ1) is 20.7. The van der Waals surface area contributed by atoms with Crippen molar-refractivity contribution in [2.75, 3.05) is 43.2 Å². The van der Waals surface area contributed by atoms with Gasteiger partial charge in [-0.15, -0.1) is 0 Å². The van der Waals surface area contributed by atoms with Crippen LogP contribution in [0.15, 0.2) is 42.5 Å². The lowest BCUT2D eigenvalue weighted by molar-refractivity contribution is 0.103. The Morgan fingerprint density at radius 1 is 1.00 bits per heavy atom. The number of carbonyl (C=O) groups excluding carboxylic acids is 2. The minimum absolute atomic E-state index is 0.00867. The largest absolute Gasteiger partial charge is 0.497 e. The van der Waals surface area contributed by atoms with Crippen LogP contribution < -0.4 is 25.0 Å². The van der Waals surface area contributed by atoms with E-state index >= 15 is 0 Å². The second-order valence-corrected chi connectivity index (χ2v) is 7.09. The number of hydrogen-bond acceptors (Lipinski definition) is 7. The molecule has 0 radical (unpaired) electrons. The van der Waals surface area contributed by atoms with Gasteiger partial charge in [0, 0.05) is 18.3 Å². The molecule has 4 rings (SSSR count). The fourth-order valence-corrected chi connectivity index (χ4v) is 3.39. The number of benzene rings is 2. The number of amides is 2. The summed E-state index contributed by atoms with van der Waals surface area (Å²) in [5, 5.41) is 0. The summed E-state index contributed by atoms with van der Waals surface area (Å²) in [6.45, 7) is 0.703. The van der Waals surface area contributed by atoms with Crippen LogP contribution in [0.2, 0.25) is 0 Å². The van der Waals surface area contributed by atoms with Gasteiger partial charge < -0.3 is 24.7 Å². The number of ether oxygens (including phenoxy) is 4. The third-order valence-corrected chi connectivity index (χ3v) is 5.05. The van der Waals surface area contributed by atoms with Crippen molar-refractivity contribution in [2.24, 2.45) is 5.73 Å². The maximum atomic E-state index is 14.5. The fourth-order valence-electron chi connectivity index (χ4n) is 3.39. The van der Waals surface area contributed by atoms with Gasteiger partial charge >= 0.3 is 12.2 Å². The Balaban J connectivity index is 1.36. The lowest BCUT2D eigenvalue weighted by atomic mass is 10.2. The van der Waals surface area contributed by atoms with Crippen LogP contribution in [-0.4, -0.2) is 57.7 Å². The second kappa shape index (κ2) is 8.68. The van der Waals surface area contributed by atoms with E-state index in [0.29, 0.717) is 17.1 Å². The van der Waals surface area contributed by atoms with E-state index in [1.165, 1.54) is 21.9 Å². The van der Waals surface area contributed by atoms with Gasteiger partial charge in [-0.05, 0) is 36.4 Å². The highest BCUT2D eigenvalue weighted by Gasteiger charge is 2.34. The normalized spacial score (nSPS) is 20.6. The molecule has 2 amide bonds. The Hall–Kier alpha value is -3.53. The first-order valence-electron chi connectivity index (χ1n) is 9.71. The standard InChI is InChI=1S/C21H22FN3O6/c1-28-15-5-2-13(3-6-15)24-11-17(31-20(24)26)12-29-19-7-4-14(8-18(19)22)25-10-16(9-23)30-21(25)27/h2-8,16-17H,9-12,23H2,1H3/t16-,17?/m1/s1. The van der Waals surface area contributed by atoms with Gasteiger partial charge in [0.1, 0.15) is 18.5 Å². The summed E-state index contributed by atoms with van der Waals surface area (Å²) in [5.41, 5.74) is 6.53. The van der Waals surface area contributed by atoms with E-state index in [4.69, 9.17) is 24.7 Å². The third-order valence-electron chi connectivity index (χ3n) is 5.05. The van der Waals surface area contributed by atoms with Gasteiger partial charge in [0.15, 0.2) is 17.7 Å². The van der Waals surface area contributed by atoms with Gasteiger partial charge in [-0.3, -0.25) is 9.80 Å². The first-order chi connectivity index (χ1) is 15.0. The maximum absolute atomic E-state index is 14.5. The highest BCUT2D eigenvalue weighted by atomic mass is 19.1. The van der Waals surface area contributed by atoms with Gasteiger partial charge in [-0.1, -0.05) is 0 Å². The van der Waals surface area contributed by atoms with Crippen molar-refractivity contribution in [3.63, 3.8) is 0 Å². The van der Waals surface area contributed by atoms with Gasteiger partial charge in [0.2, 0.25) is 0 Å². The summed E-state index contributed by atoms with van der Waals surface area (Å²) in [5.74, 6) is 0.0272. The summed E-state index contributed by atoms with van der Waals surface area (Å²) in [7, 11) is 1.56. The number of nitrogens with zero attached hydrogens (tertiary/aromatic N) is 2. The number of rotatable bonds is 7. The smallest absolute Gasteiger partial charge is 0.414 e. The summed E-state index contributed by atoms with van der Waals surface area (Å²) in [4.78, 5) is 26.9. The molecule has 2 saturated heterocycles. The number of halogens is 1. The van der Waals surface area contributed by atoms with Crippen LogP contribution in [0.1, 0.15) is 0 Å². The van der Waals surface area contributed by atoms with Crippen LogP contribution in [0, 0.1) is 5.82 Å². The molecule has 2 atom stereocenters. The Morgan fingerprint density at radius 2 is 1.61 bits per heavy atom. The molecule has 0 aromatic heterocycles. The van der Waals surface area contributed by atoms with E-state index in [-0.39, 0.29) is 32.0 Å². The van der Waals surface area contributed by atoms with Crippen LogP contribution in [-0.2, 0) is 9.47 Å². The first-order valence-corrected chi connectivity index (χ1v) is 9.71. The van der Waals surface area contributed by atoms with E-state index in [0.717, 1.165) is 0 Å². The molecule has 0 bridgehead atoms. The summed E-state index contributed by atoms with van der Waals surface area (Å²) in [6.07, 6.45) is -2.05. The molecule has 0 spiro atoms. The molecule has 0 saturated carbocycles. The second-order valence-electron chi connectivity index (χ2n) is 7.09. The monoisotopic (exact) mass is 431 g/mol. The zero-order chi connectivity index (χ0) is 22.0. The molecule has 164 valence electrons. The van der Waals surface area contributed by atoms with Crippen molar-refractivity contribution in [3.05, 3.63) is 48.3 Å². The molecule has 2 aromatic carbocycles. The molecular weight excluding hydrogens is 409 g/mol. The molecule has 2 heterocycles. The molecule has 2 aliphatic heterocycles. The third kappa shape index (κ3) is 4.33. The van der Waals surface area contributed by atoms with E-state index in [2.05, 4.69) is 0 Å². The van der Waals surface area contributed by atoms with Gasteiger partial charge in [-0.25, -0.2) is 14.0 Å². The highest BCUT2D eigenvalue weighted by Crippen LogP contribution is 2.28. The molecule has 2 aliphatic rings. The number of carbonyl (C=O) groups is 2. The van der Waals surface area contributed by atoms with Crippen molar-refractivity contribution >= 4 is 23.6 Å². The number of cyclic esters (lactones) is 2. The SMILES string of the molecule is COc1ccc(N2CC(COc3ccc(N4C[C@@H](CN)OC4=O)cc3F)OC2=O)cc1. The molecule has 31 heavy (non-hydrogen) atoms. The predicted molar refractivity (Wildman–Crippen MR) is 109 cm³/mol. The predicted octanol–water partition coefficient (Wildman–Crippen LogP) is 2.52. The average Bonchev–Trinajstić information content (AvgIpc) is 3.35. The van der Waals surface area contributed by atoms with Crippen molar-refractivity contribution < 1.29 is 32.9 Å². The van der Waals surface area contributed by atoms with Crippen molar-refractivity contribution in [1.82, 2.24) is 0 Å². The number of methoxy groups -OCH3 is 1. The molecule has 9 nitrogen and oxygen atoms in total. The summed E-state index contributed by atoms with van der Waals surface area (Å²) in [6, 6.07) is 11.2. The van der Waals surface area contributed by atoms with Crippen LogP contribution in [0.3, 0.4) is 0 Å². The van der Waals surface area contributed by atoms with Crippen LogP contribution in [0.5, 0.6) is 11.5 Å². The zero-order valence-electron chi connectivity index (χ0n) is 16.8. The lowest BCUT2D eigenvalue weighted by Gasteiger charge is -2.16. The van der Waals surface area contributed by atoms with Crippen molar-refractivity contribution in [3.8, 4) is 11.5 Å². The lowest BCUT2D eigenvalue weighted by Crippen LogP contribution is -2.27. The molecule has 2 N–H and O–H groups in total. The zero-order valence-corrected chi connectivity index (χ0v) is 16.8. The minimum Gasteiger partial charge on any atom is -0.497 e. The number of hydrogen-bond donors (Lipinski definition) is 1. The Morgan fingerprint density at radius 3 is 2.23 bits per heavy atom. The molecule has 2 fully saturated rings. The van der Waals surface area contributed by atoms with Gasteiger partial charge in [0.25, 0.3) is 0 Å². The molecule has 1 unspecified atom stereocenters. The van der Waals surface area contributed by atoms with E-state index in [1.54, 1.807) is 37.4 Å². The van der Waals surface area contributed by atoms with Crippen LogP contribution >= 0.6 is 0 Å².